The average Bonchev–Trinajstić information content (AvgIpc) is 2.83. The number of nitrogens with zero attached hydrogens (tertiary/aromatic N) is 2. The molecule has 1 aliphatic rings. The van der Waals surface area contributed by atoms with Crippen LogP contribution in [0, 0.1) is 0 Å². The minimum Gasteiger partial charge on any atom is -0.330 e. The minimum absolute atomic E-state index is 0.604. The van der Waals surface area contributed by atoms with Gasteiger partial charge in [0.05, 0.1) is 12.0 Å². The van der Waals surface area contributed by atoms with E-state index in [9.17, 15) is 0 Å². The first kappa shape index (κ1) is 11.5. The molecule has 0 unspecified atom stereocenters. The molecule has 0 aliphatic heterocycles. The van der Waals surface area contributed by atoms with Gasteiger partial charge in [-0.2, -0.15) is 0 Å². The van der Waals surface area contributed by atoms with Gasteiger partial charge >= 0.3 is 0 Å². The summed E-state index contributed by atoms with van der Waals surface area (Å²) in [5.41, 5.74) is 11.1. The second kappa shape index (κ2) is 4.94. The molecule has 3 heteroatoms. The van der Waals surface area contributed by atoms with Gasteiger partial charge in [0.15, 0.2) is 0 Å². The third-order valence-corrected chi connectivity index (χ3v) is 3.79. The summed E-state index contributed by atoms with van der Waals surface area (Å²) in [4.78, 5) is 4.54. The first-order valence-electron chi connectivity index (χ1n) is 6.68. The molecule has 1 aromatic heterocycles. The van der Waals surface area contributed by atoms with E-state index in [0.29, 0.717) is 6.54 Å². The molecule has 3 nitrogen and oxygen atoms in total. The maximum Gasteiger partial charge on any atom is 0.0954 e. The number of aryl methyl sites for hydroxylation is 1. The van der Waals surface area contributed by atoms with E-state index in [0.717, 1.165) is 13.0 Å². The lowest BCUT2D eigenvalue weighted by Crippen LogP contribution is -2.11. The molecule has 3 rings (SSSR count). The Bertz CT molecular complexity index is 542. The van der Waals surface area contributed by atoms with Crippen molar-refractivity contribution in [3.8, 4) is 0 Å². The molecular weight excluding hydrogens is 222 g/mol. The van der Waals surface area contributed by atoms with E-state index in [4.69, 9.17) is 5.73 Å². The van der Waals surface area contributed by atoms with E-state index in [2.05, 4.69) is 33.8 Å². The minimum atomic E-state index is 0.604. The molecular formula is C15H19N3. The Labute approximate surface area is 108 Å². The average molecular weight is 241 g/mol. The summed E-state index contributed by atoms with van der Waals surface area (Å²) in [5, 5.41) is 0. The number of rotatable bonds is 3. The molecule has 0 radical (unpaired) electrons. The van der Waals surface area contributed by atoms with E-state index < -0.39 is 0 Å². The van der Waals surface area contributed by atoms with Crippen molar-refractivity contribution in [2.45, 2.75) is 38.8 Å². The Balaban J connectivity index is 1.90. The quantitative estimate of drug-likeness (QED) is 0.896. The van der Waals surface area contributed by atoms with E-state index in [1.54, 1.807) is 0 Å². The van der Waals surface area contributed by atoms with Gasteiger partial charge in [0.25, 0.3) is 0 Å². The Kier molecular flexibility index (Phi) is 3.15. The SMILES string of the molecule is NCc1ccccc1Cn1cnc2c1CCCC2. The second-order valence-electron chi connectivity index (χ2n) is 4.95. The van der Waals surface area contributed by atoms with Crippen molar-refractivity contribution in [3.05, 3.63) is 53.1 Å². The summed E-state index contributed by atoms with van der Waals surface area (Å²) < 4.78 is 2.29. The smallest absolute Gasteiger partial charge is 0.0954 e. The zero-order valence-electron chi connectivity index (χ0n) is 10.6. The van der Waals surface area contributed by atoms with Crippen LogP contribution in [0.1, 0.15) is 35.4 Å². The molecule has 0 saturated heterocycles. The number of benzene rings is 1. The molecule has 0 saturated carbocycles. The zero-order valence-corrected chi connectivity index (χ0v) is 10.6. The van der Waals surface area contributed by atoms with Gasteiger partial charge < -0.3 is 10.3 Å². The monoisotopic (exact) mass is 241 g/mol. The molecule has 0 atom stereocenters. The lowest BCUT2D eigenvalue weighted by Gasteiger charge is -2.15. The van der Waals surface area contributed by atoms with Gasteiger partial charge in [0.2, 0.25) is 0 Å². The predicted molar refractivity (Wildman–Crippen MR) is 72.3 cm³/mol. The molecule has 0 fully saturated rings. The molecule has 1 heterocycles. The van der Waals surface area contributed by atoms with Crippen LogP contribution < -0.4 is 5.73 Å². The summed E-state index contributed by atoms with van der Waals surface area (Å²) in [6.07, 6.45) is 6.87. The van der Waals surface area contributed by atoms with Gasteiger partial charge in [-0.3, -0.25) is 0 Å². The van der Waals surface area contributed by atoms with Crippen molar-refractivity contribution in [1.82, 2.24) is 9.55 Å². The molecule has 18 heavy (non-hydrogen) atoms. The Morgan fingerprint density at radius 3 is 2.72 bits per heavy atom. The van der Waals surface area contributed by atoms with Crippen LogP contribution in [0.3, 0.4) is 0 Å². The number of aromatic nitrogens is 2. The zero-order chi connectivity index (χ0) is 12.4. The van der Waals surface area contributed by atoms with E-state index in [-0.39, 0.29) is 0 Å². The third kappa shape index (κ3) is 2.06. The van der Waals surface area contributed by atoms with Crippen LogP contribution in [0.4, 0.5) is 0 Å². The van der Waals surface area contributed by atoms with Crippen molar-refractivity contribution >= 4 is 0 Å². The summed E-state index contributed by atoms with van der Waals surface area (Å²) in [6.45, 7) is 1.50. The van der Waals surface area contributed by atoms with Crippen LogP contribution in [0.15, 0.2) is 30.6 Å². The van der Waals surface area contributed by atoms with Gasteiger partial charge in [-0.05, 0) is 36.8 Å². The Morgan fingerprint density at radius 2 is 1.89 bits per heavy atom. The first-order valence-corrected chi connectivity index (χ1v) is 6.68. The van der Waals surface area contributed by atoms with Gasteiger partial charge in [-0.25, -0.2) is 4.98 Å². The van der Waals surface area contributed by atoms with Crippen LogP contribution in [-0.2, 0) is 25.9 Å². The maximum absolute atomic E-state index is 5.79. The third-order valence-electron chi connectivity index (χ3n) is 3.79. The summed E-state index contributed by atoms with van der Waals surface area (Å²) >= 11 is 0. The second-order valence-corrected chi connectivity index (χ2v) is 4.95. The fourth-order valence-electron chi connectivity index (χ4n) is 2.76. The summed E-state index contributed by atoms with van der Waals surface area (Å²) in [6, 6.07) is 8.41. The normalized spacial score (nSPS) is 14.5. The Hall–Kier alpha value is -1.61. The highest BCUT2D eigenvalue weighted by atomic mass is 15.1. The van der Waals surface area contributed by atoms with E-state index >= 15 is 0 Å². The molecule has 2 N–H and O–H groups in total. The lowest BCUT2D eigenvalue weighted by atomic mass is 10.0. The number of imidazole rings is 1. The van der Waals surface area contributed by atoms with Crippen molar-refractivity contribution < 1.29 is 0 Å². The highest BCUT2D eigenvalue weighted by Gasteiger charge is 2.15. The van der Waals surface area contributed by atoms with Gasteiger partial charge in [0, 0.05) is 18.8 Å². The van der Waals surface area contributed by atoms with Crippen LogP contribution >= 0.6 is 0 Å². The van der Waals surface area contributed by atoms with Crippen molar-refractivity contribution in [3.63, 3.8) is 0 Å². The predicted octanol–water partition coefficient (Wildman–Crippen LogP) is 2.27. The molecule has 1 aliphatic carbocycles. The van der Waals surface area contributed by atoms with E-state index in [1.807, 2.05) is 6.33 Å². The van der Waals surface area contributed by atoms with Crippen LogP contribution in [0.25, 0.3) is 0 Å². The standard InChI is InChI=1S/C15H19N3/c16-9-12-5-1-2-6-13(12)10-18-11-17-14-7-3-4-8-15(14)18/h1-2,5-6,11H,3-4,7-10,16H2. The van der Waals surface area contributed by atoms with Crippen molar-refractivity contribution in [1.29, 1.82) is 0 Å². The molecule has 94 valence electrons. The van der Waals surface area contributed by atoms with Crippen molar-refractivity contribution in [2.75, 3.05) is 0 Å². The Morgan fingerprint density at radius 1 is 1.11 bits per heavy atom. The largest absolute Gasteiger partial charge is 0.330 e. The van der Waals surface area contributed by atoms with E-state index in [1.165, 1.54) is 41.8 Å². The highest BCUT2D eigenvalue weighted by molar-refractivity contribution is 5.28. The maximum atomic E-state index is 5.79. The number of fused-ring (bicyclic) bond motifs is 1. The highest BCUT2D eigenvalue weighted by Crippen LogP contribution is 2.21. The molecule has 2 aromatic rings. The van der Waals surface area contributed by atoms with Gasteiger partial charge in [0.1, 0.15) is 0 Å². The molecule has 0 bridgehead atoms. The topological polar surface area (TPSA) is 43.8 Å². The lowest BCUT2D eigenvalue weighted by molar-refractivity contribution is 0.627. The van der Waals surface area contributed by atoms with Crippen LogP contribution in [0.2, 0.25) is 0 Å². The summed E-state index contributed by atoms with van der Waals surface area (Å²) in [7, 11) is 0. The van der Waals surface area contributed by atoms with Crippen LogP contribution in [-0.4, -0.2) is 9.55 Å². The van der Waals surface area contributed by atoms with Gasteiger partial charge in [-0.1, -0.05) is 24.3 Å². The number of hydrogen-bond acceptors (Lipinski definition) is 2. The molecule has 0 spiro atoms. The fraction of sp³-hybridized carbons (Fsp3) is 0.400. The van der Waals surface area contributed by atoms with Crippen LogP contribution in [0.5, 0.6) is 0 Å². The fourth-order valence-corrected chi connectivity index (χ4v) is 2.76. The molecule has 0 amide bonds. The number of nitrogens with two attached hydrogens (primary N) is 1. The van der Waals surface area contributed by atoms with Crippen molar-refractivity contribution in [2.24, 2.45) is 5.73 Å². The first-order chi connectivity index (χ1) is 8.88. The van der Waals surface area contributed by atoms with Gasteiger partial charge in [-0.15, -0.1) is 0 Å². The number of hydrogen-bond donors (Lipinski definition) is 1. The summed E-state index contributed by atoms with van der Waals surface area (Å²) in [5.74, 6) is 0. The molecule has 1 aromatic carbocycles.